The molecular weight excluding hydrogens is 635 g/mol. The predicted octanol–water partition coefficient (Wildman–Crippen LogP) is 1.49. The Hall–Kier alpha value is -2.61. The van der Waals surface area contributed by atoms with Gasteiger partial charge in [-0.3, -0.25) is 9.11 Å². The van der Waals surface area contributed by atoms with E-state index in [4.69, 9.17) is 14.0 Å². The average molecular weight is 658 g/mol. The van der Waals surface area contributed by atoms with Gasteiger partial charge < -0.3 is 18.4 Å². The molecular formula is C21H23N6O5ReS-. The molecule has 0 amide bonds. The van der Waals surface area contributed by atoms with Crippen LogP contribution in [0, 0.1) is 20.0 Å². The first-order valence-electron chi connectivity index (χ1n) is 9.22. The molecule has 11 nitrogen and oxygen atoms in total. The summed E-state index contributed by atoms with van der Waals surface area (Å²) in [5.74, 6) is 2.00. The van der Waals surface area contributed by atoms with Crippen LogP contribution in [-0.2, 0) is 79.3 Å². The van der Waals surface area contributed by atoms with Gasteiger partial charge in [0.1, 0.15) is 11.6 Å². The number of anilines is 1. The maximum atomic E-state index is 10.7. The van der Waals surface area contributed by atoms with E-state index in [1.165, 1.54) is 0 Å². The zero-order chi connectivity index (χ0) is 25.2. The van der Waals surface area contributed by atoms with Crippen molar-refractivity contribution in [2.24, 2.45) is 14.1 Å². The molecule has 1 aromatic carbocycles. The molecule has 3 aromatic rings. The second-order valence-corrected chi connectivity index (χ2v) is 7.08. The van der Waals surface area contributed by atoms with Gasteiger partial charge in [-0.25, -0.2) is 9.97 Å². The van der Waals surface area contributed by atoms with Gasteiger partial charge in [-0.1, -0.05) is 12.1 Å². The standard InChI is InChI=1S/C18H24N6O2S.3CO.Re/c1-22-11-8-19-17(22)13-24(14-18-20-9-12-23(18)2)10-7-15-3-5-16(6-4-15)21-27(25)26;3*1-2;/h3-6,8-9,11-12,21H,7,10,13-14H2,1-2H3,(H,25,26);;;;/p-1. The van der Waals surface area contributed by atoms with Gasteiger partial charge in [0.2, 0.25) is 0 Å². The second-order valence-electron chi connectivity index (χ2n) is 6.40. The fourth-order valence-corrected chi connectivity index (χ4v) is 3.16. The third-order valence-corrected chi connectivity index (χ3v) is 4.85. The zero-order valence-electron chi connectivity index (χ0n) is 18.5. The molecule has 34 heavy (non-hydrogen) atoms. The van der Waals surface area contributed by atoms with Crippen LogP contribution < -0.4 is 4.72 Å². The largest absolute Gasteiger partial charge is 0 e. The third kappa shape index (κ3) is 12.0. The topological polar surface area (TPSA) is 151 Å². The molecule has 0 spiro atoms. The maximum Gasteiger partial charge on any atom is 0 e. The molecule has 0 aliphatic carbocycles. The van der Waals surface area contributed by atoms with Crippen LogP contribution in [0.15, 0.2) is 49.1 Å². The number of nitrogens with zero attached hydrogens (tertiary/aromatic N) is 5. The van der Waals surface area contributed by atoms with Crippen LogP contribution in [0.2, 0.25) is 0 Å². The Morgan fingerprint density at radius 3 is 1.74 bits per heavy atom. The Balaban J connectivity index is 0. The van der Waals surface area contributed by atoms with Crippen molar-refractivity contribution in [3.8, 4) is 0 Å². The van der Waals surface area contributed by atoms with Gasteiger partial charge in [0.05, 0.1) is 13.1 Å². The summed E-state index contributed by atoms with van der Waals surface area (Å²) in [6.07, 6.45) is 8.34. The first-order valence-corrected chi connectivity index (χ1v) is 10.3. The monoisotopic (exact) mass is 658 g/mol. The van der Waals surface area contributed by atoms with Gasteiger partial charge >= 0.3 is 33.9 Å². The molecule has 0 aliphatic heterocycles. The van der Waals surface area contributed by atoms with E-state index in [0.717, 1.165) is 43.3 Å². The summed E-state index contributed by atoms with van der Waals surface area (Å²) in [6.45, 7) is 15.8. The van der Waals surface area contributed by atoms with E-state index in [0.29, 0.717) is 5.69 Å². The van der Waals surface area contributed by atoms with E-state index in [1.807, 2.05) is 47.8 Å². The Bertz CT molecular complexity index is 976. The van der Waals surface area contributed by atoms with Crippen molar-refractivity contribution in [2.45, 2.75) is 19.5 Å². The van der Waals surface area contributed by atoms with Crippen LogP contribution in [-0.4, -0.2) is 39.3 Å². The van der Waals surface area contributed by atoms with Crippen molar-refractivity contribution < 1.29 is 43.1 Å². The molecule has 0 fully saturated rings. The van der Waals surface area contributed by atoms with Crippen molar-refractivity contribution in [2.75, 3.05) is 11.3 Å². The maximum absolute atomic E-state index is 10.7. The third-order valence-electron chi connectivity index (χ3n) is 4.44. The van der Waals surface area contributed by atoms with Gasteiger partial charge in [0, 0.05) is 82.8 Å². The first kappa shape index (κ1) is 33.6. The molecule has 1 radical (unpaired) electrons. The van der Waals surface area contributed by atoms with E-state index in [2.05, 4.69) is 39.5 Å². The number of nitrogens with one attached hydrogen (secondary N) is 1. The normalized spacial score (nSPS) is 10.1. The summed E-state index contributed by atoms with van der Waals surface area (Å²) in [6, 6.07) is 7.42. The quantitative estimate of drug-likeness (QED) is 0.210. The molecule has 1 atom stereocenters. The number of aromatic nitrogens is 4. The van der Waals surface area contributed by atoms with Gasteiger partial charge in [0.15, 0.2) is 0 Å². The van der Waals surface area contributed by atoms with Gasteiger partial charge in [0.25, 0.3) is 0 Å². The van der Waals surface area contributed by atoms with Crippen LogP contribution in [0.5, 0.6) is 0 Å². The molecule has 0 saturated heterocycles. The molecule has 2 heterocycles. The Labute approximate surface area is 214 Å². The summed E-state index contributed by atoms with van der Waals surface area (Å²) in [5.41, 5.74) is 1.70. The Kier molecular flexibility index (Phi) is 19.6. The van der Waals surface area contributed by atoms with E-state index in [-0.39, 0.29) is 20.4 Å². The number of imidazole rings is 2. The number of hydrogen-bond acceptors (Lipinski definition) is 5. The van der Waals surface area contributed by atoms with Crippen LogP contribution in [0.1, 0.15) is 17.2 Å². The molecule has 3 rings (SSSR count). The SMILES string of the molecule is Cn1ccnc1CN(CCc1ccc(NS(=O)[O-])cc1)Cc1nccn1C.[C-]#[O+].[C-]#[O+].[C-]#[O+].[Re]. The predicted molar refractivity (Wildman–Crippen MR) is 115 cm³/mol. The summed E-state index contributed by atoms with van der Waals surface area (Å²) < 4.78 is 50.3. The van der Waals surface area contributed by atoms with Crippen molar-refractivity contribution in [3.63, 3.8) is 0 Å². The second kappa shape index (κ2) is 19.8. The average Bonchev–Trinajstić information content (AvgIpc) is 3.44. The first-order chi connectivity index (χ1) is 16.0. The Morgan fingerprint density at radius 1 is 0.941 bits per heavy atom. The van der Waals surface area contributed by atoms with Crippen molar-refractivity contribution in [1.29, 1.82) is 0 Å². The zero-order valence-corrected chi connectivity index (χ0v) is 22.0. The molecule has 0 saturated carbocycles. The number of rotatable bonds is 9. The van der Waals surface area contributed by atoms with Gasteiger partial charge in [-0.05, 0) is 24.1 Å². The van der Waals surface area contributed by atoms with Crippen molar-refractivity contribution in [1.82, 2.24) is 24.0 Å². The smallest absolute Gasteiger partial charge is 0 e. The summed E-state index contributed by atoms with van der Waals surface area (Å²) in [7, 11) is 3.99. The number of benzene rings is 1. The van der Waals surface area contributed by atoms with Gasteiger partial charge in [-0.2, -0.15) is 0 Å². The van der Waals surface area contributed by atoms with Crippen LogP contribution in [0.3, 0.4) is 0 Å². The minimum absolute atomic E-state index is 0. The molecule has 2 aromatic heterocycles. The molecule has 0 bridgehead atoms. The van der Waals surface area contributed by atoms with E-state index in [9.17, 15) is 8.76 Å². The summed E-state index contributed by atoms with van der Waals surface area (Å²) >= 11 is -2.30. The van der Waals surface area contributed by atoms with Crippen LogP contribution in [0.25, 0.3) is 0 Å². The van der Waals surface area contributed by atoms with E-state index < -0.39 is 11.3 Å². The number of hydrogen-bond donors (Lipinski definition) is 1. The van der Waals surface area contributed by atoms with Crippen molar-refractivity contribution in [3.05, 3.63) is 86.2 Å². The molecule has 13 heteroatoms. The molecule has 0 aliphatic rings. The van der Waals surface area contributed by atoms with E-state index in [1.54, 1.807) is 24.5 Å². The summed E-state index contributed by atoms with van der Waals surface area (Å²) in [5, 5.41) is 0. The molecule has 181 valence electrons. The minimum Gasteiger partial charge on any atom is 0 e. The van der Waals surface area contributed by atoms with Crippen molar-refractivity contribution >= 4 is 17.0 Å². The fraction of sp³-hybridized carbons (Fsp3) is 0.286. The number of aryl methyl sites for hydroxylation is 2. The summed E-state index contributed by atoms with van der Waals surface area (Å²) in [4.78, 5) is 11.2. The molecule has 1 N–H and O–H groups in total. The Morgan fingerprint density at radius 2 is 1.38 bits per heavy atom. The minimum atomic E-state index is -2.30. The molecule has 1 unspecified atom stereocenters. The van der Waals surface area contributed by atoms with Crippen LogP contribution in [0.4, 0.5) is 5.69 Å². The van der Waals surface area contributed by atoms with Gasteiger partial charge in [-0.15, -0.1) is 0 Å². The fourth-order valence-electron chi connectivity index (χ4n) is 2.83. The van der Waals surface area contributed by atoms with E-state index >= 15 is 0 Å². The van der Waals surface area contributed by atoms with Crippen LogP contribution >= 0.6 is 0 Å².